The van der Waals surface area contributed by atoms with Crippen LogP contribution in [0, 0.1) is 0 Å². The highest BCUT2D eigenvalue weighted by Gasteiger charge is 2.08. The third-order valence-electron chi connectivity index (χ3n) is 0.796. The van der Waals surface area contributed by atoms with Gasteiger partial charge in [0.1, 0.15) is 0 Å². The summed E-state index contributed by atoms with van der Waals surface area (Å²) in [5, 5.41) is 7.52. The van der Waals surface area contributed by atoms with Crippen molar-refractivity contribution in [3.8, 4) is 0 Å². The molecule has 0 amide bonds. The summed E-state index contributed by atoms with van der Waals surface area (Å²) in [6.07, 6.45) is 0. The van der Waals surface area contributed by atoms with Crippen LogP contribution in [0.5, 0.6) is 0 Å². The van der Waals surface area contributed by atoms with Crippen molar-refractivity contribution in [1.29, 1.82) is 0 Å². The zero-order valence-corrected chi connectivity index (χ0v) is 7.42. The fourth-order valence-corrected chi connectivity index (χ4v) is 1.48. The average Bonchev–Trinajstić information content (AvgIpc) is 2.34. The molecule has 1 aromatic heterocycles. The Morgan fingerprint density at radius 3 is 2.70 bits per heavy atom. The van der Waals surface area contributed by atoms with Gasteiger partial charge in [-0.1, -0.05) is 11.3 Å². The molecule has 1 heterocycles. The summed E-state index contributed by atoms with van der Waals surface area (Å²) in [7, 11) is 0. The van der Waals surface area contributed by atoms with Gasteiger partial charge >= 0.3 is 0 Å². The summed E-state index contributed by atoms with van der Waals surface area (Å²) in [6, 6.07) is 0. The maximum atomic E-state index is 10.8. The van der Waals surface area contributed by atoms with Crippen LogP contribution in [0.2, 0.25) is 0 Å². The third-order valence-corrected chi connectivity index (χ3v) is 2.21. The molecule has 0 aliphatic carbocycles. The molecule has 0 aliphatic heterocycles. The van der Waals surface area contributed by atoms with Gasteiger partial charge in [-0.25, -0.2) is 0 Å². The second-order valence-electron chi connectivity index (χ2n) is 1.47. The Hall–Kier alpha value is -0.0700. The van der Waals surface area contributed by atoms with E-state index in [4.69, 9.17) is 0 Å². The van der Waals surface area contributed by atoms with E-state index >= 15 is 0 Å². The zero-order chi connectivity index (χ0) is 7.56. The zero-order valence-electron chi connectivity index (χ0n) is 4.81. The summed E-state index contributed by atoms with van der Waals surface area (Å²) in [6.45, 7) is 0. The van der Waals surface area contributed by atoms with E-state index in [1.54, 1.807) is 0 Å². The van der Waals surface area contributed by atoms with Crippen molar-refractivity contribution in [1.82, 2.24) is 10.2 Å². The first kappa shape index (κ1) is 8.03. The largest absolute Gasteiger partial charge is 0.290 e. The number of thiol groups is 2. The standard InChI is InChI=1S/C4H4N2OS3/c7-2(1-8)3-5-6-4(9)10-3/h8H,1H2,(H,6,9). The highest BCUT2D eigenvalue weighted by atomic mass is 32.2. The molecule has 1 rings (SSSR count). The van der Waals surface area contributed by atoms with Crippen molar-refractivity contribution < 1.29 is 4.79 Å². The Morgan fingerprint density at radius 1 is 1.60 bits per heavy atom. The van der Waals surface area contributed by atoms with Crippen LogP contribution in [-0.2, 0) is 0 Å². The molecule has 0 unspecified atom stereocenters. The van der Waals surface area contributed by atoms with Gasteiger partial charge in [-0.15, -0.1) is 22.8 Å². The Kier molecular flexibility index (Phi) is 2.70. The number of aromatic nitrogens is 2. The summed E-state index contributed by atoms with van der Waals surface area (Å²) in [4.78, 5) is 10.8. The molecule has 0 aromatic carbocycles. The number of Topliss-reactive ketones (excluding diaryl/α,β-unsaturated/α-hetero) is 1. The van der Waals surface area contributed by atoms with Gasteiger partial charge in [0.2, 0.25) is 5.78 Å². The lowest BCUT2D eigenvalue weighted by molar-refractivity contribution is 0.102. The fraction of sp³-hybridized carbons (Fsp3) is 0.250. The van der Waals surface area contributed by atoms with Gasteiger partial charge in [0.15, 0.2) is 9.35 Å². The average molecular weight is 192 g/mol. The van der Waals surface area contributed by atoms with Crippen LogP contribution in [0.3, 0.4) is 0 Å². The van der Waals surface area contributed by atoms with Gasteiger partial charge in [0, 0.05) is 0 Å². The maximum Gasteiger partial charge on any atom is 0.202 e. The Balaban J connectivity index is 2.85. The van der Waals surface area contributed by atoms with Gasteiger partial charge in [0.05, 0.1) is 5.75 Å². The first-order valence-electron chi connectivity index (χ1n) is 2.40. The molecule has 3 nitrogen and oxygen atoms in total. The van der Waals surface area contributed by atoms with Crippen LogP contribution in [0.15, 0.2) is 4.34 Å². The van der Waals surface area contributed by atoms with Crippen molar-refractivity contribution >= 4 is 42.4 Å². The van der Waals surface area contributed by atoms with Crippen molar-refractivity contribution in [3.05, 3.63) is 5.01 Å². The summed E-state index contributed by atoms with van der Waals surface area (Å²) in [5.74, 6) is 0.0590. The molecular weight excluding hydrogens is 188 g/mol. The van der Waals surface area contributed by atoms with E-state index in [1.165, 1.54) is 0 Å². The minimum absolute atomic E-state index is 0.110. The molecule has 0 atom stereocenters. The van der Waals surface area contributed by atoms with Crippen LogP contribution < -0.4 is 0 Å². The Labute approximate surface area is 72.7 Å². The number of ketones is 1. The highest BCUT2D eigenvalue weighted by Crippen LogP contribution is 2.13. The van der Waals surface area contributed by atoms with Crippen LogP contribution in [-0.4, -0.2) is 21.7 Å². The number of rotatable bonds is 2. The molecule has 0 N–H and O–H groups in total. The third kappa shape index (κ3) is 1.71. The SMILES string of the molecule is O=C(CS)c1nnc(S)s1. The number of nitrogens with zero attached hydrogens (tertiary/aromatic N) is 2. The minimum Gasteiger partial charge on any atom is -0.290 e. The predicted octanol–water partition coefficient (Wildman–Crippen LogP) is 0.939. The molecule has 0 aliphatic rings. The molecule has 0 bridgehead atoms. The normalized spacial score (nSPS) is 9.80. The lowest BCUT2D eigenvalue weighted by atomic mass is 10.5. The molecule has 0 fully saturated rings. The molecule has 0 saturated carbocycles. The van der Waals surface area contributed by atoms with Crippen molar-refractivity contribution in [2.24, 2.45) is 0 Å². The van der Waals surface area contributed by atoms with Gasteiger partial charge in [-0.3, -0.25) is 4.79 Å². The van der Waals surface area contributed by atoms with Gasteiger partial charge in [0.25, 0.3) is 0 Å². The van der Waals surface area contributed by atoms with E-state index in [9.17, 15) is 4.79 Å². The van der Waals surface area contributed by atoms with Crippen molar-refractivity contribution in [2.75, 3.05) is 5.75 Å². The monoisotopic (exact) mass is 192 g/mol. The van der Waals surface area contributed by atoms with E-state index in [0.29, 0.717) is 9.35 Å². The molecule has 0 radical (unpaired) electrons. The van der Waals surface area contributed by atoms with E-state index in [0.717, 1.165) is 11.3 Å². The summed E-state index contributed by atoms with van der Waals surface area (Å²) in [5.41, 5.74) is 0. The molecule has 6 heteroatoms. The molecule has 0 spiro atoms. The number of carbonyl (C=O) groups excluding carboxylic acids is 1. The number of hydrogen-bond acceptors (Lipinski definition) is 6. The summed E-state index contributed by atoms with van der Waals surface area (Å²) < 4.78 is 0.505. The van der Waals surface area contributed by atoms with Crippen LogP contribution >= 0.6 is 36.6 Å². The van der Waals surface area contributed by atoms with Crippen molar-refractivity contribution in [2.45, 2.75) is 4.34 Å². The molecule has 54 valence electrons. The highest BCUT2D eigenvalue weighted by molar-refractivity contribution is 7.82. The van der Waals surface area contributed by atoms with Gasteiger partial charge in [-0.2, -0.15) is 12.6 Å². The van der Waals surface area contributed by atoms with E-state index in [2.05, 4.69) is 35.5 Å². The Morgan fingerprint density at radius 2 is 2.30 bits per heavy atom. The second-order valence-corrected chi connectivity index (χ2v) is 3.49. The van der Waals surface area contributed by atoms with E-state index in [1.807, 2.05) is 0 Å². The smallest absolute Gasteiger partial charge is 0.202 e. The fourth-order valence-electron chi connectivity index (χ4n) is 0.396. The second kappa shape index (κ2) is 3.36. The van der Waals surface area contributed by atoms with E-state index in [-0.39, 0.29) is 11.5 Å². The Bertz CT molecular complexity index is 246. The predicted molar refractivity (Wildman–Crippen MR) is 45.3 cm³/mol. The molecule has 0 saturated heterocycles. The quantitative estimate of drug-likeness (QED) is 0.541. The van der Waals surface area contributed by atoms with Crippen LogP contribution in [0.25, 0.3) is 0 Å². The van der Waals surface area contributed by atoms with Gasteiger partial charge in [-0.05, 0) is 0 Å². The van der Waals surface area contributed by atoms with Crippen LogP contribution in [0.4, 0.5) is 0 Å². The summed E-state index contributed by atoms with van der Waals surface area (Å²) >= 11 is 8.87. The lowest BCUT2D eigenvalue weighted by Gasteiger charge is -1.83. The van der Waals surface area contributed by atoms with Crippen molar-refractivity contribution in [3.63, 3.8) is 0 Å². The first-order valence-corrected chi connectivity index (χ1v) is 4.30. The molecule has 10 heavy (non-hydrogen) atoms. The molecular formula is C4H4N2OS3. The molecule has 1 aromatic rings. The lowest BCUT2D eigenvalue weighted by Crippen LogP contribution is -1.98. The minimum atomic E-state index is -0.110. The first-order chi connectivity index (χ1) is 4.74. The number of carbonyl (C=O) groups is 1. The van der Waals surface area contributed by atoms with Crippen LogP contribution in [0.1, 0.15) is 9.80 Å². The maximum absolute atomic E-state index is 10.8. The van der Waals surface area contributed by atoms with Gasteiger partial charge < -0.3 is 0 Å². The topological polar surface area (TPSA) is 42.9 Å². The van der Waals surface area contributed by atoms with E-state index < -0.39 is 0 Å². The number of hydrogen-bond donors (Lipinski definition) is 2.